The van der Waals surface area contributed by atoms with Crippen molar-refractivity contribution in [3.05, 3.63) is 23.3 Å². The Balaban J connectivity index is 2.54. The van der Waals surface area contributed by atoms with E-state index in [0.29, 0.717) is 23.4 Å². The zero-order valence-electron chi connectivity index (χ0n) is 12.1. The predicted octanol–water partition coefficient (Wildman–Crippen LogP) is 1.28. The number of benzene rings is 1. The van der Waals surface area contributed by atoms with Gasteiger partial charge in [-0.15, -0.1) is 0 Å². The van der Waals surface area contributed by atoms with Crippen molar-refractivity contribution >= 4 is 15.7 Å². The van der Waals surface area contributed by atoms with Gasteiger partial charge in [0.25, 0.3) is 0 Å². The topological polar surface area (TPSA) is 83.6 Å². The summed E-state index contributed by atoms with van der Waals surface area (Å²) in [6.45, 7) is 5.76. The molecule has 2 unspecified atom stereocenters. The van der Waals surface area contributed by atoms with E-state index in [0.717, 1.165) is 6.42 Å². The molecule has 6 heteroatoms. The van der Waals surface area contributed by atoms with Crippen LogP contribution in [0.15, 0.2) is 17.0 Å². The molecule has 0 bridgehead atoms. The van der Waals surface area contributed by atoms with Crippen molar-refractivity contribution in [3.8, 4) is 0 Å². The van der Waals surface area contributed by atoms with Gasteiger partial charge in [-0.05, 0) is 43.4 Å². The standard InChI is InChI=1S/C14H22N2O3S/c1-9-6-7-16(13(9)8-17)20(18,19)14-10(2)4-5-12(15)11(14)3/h4-5,9,13,17H,6-8,15H2,1-3H3. The van der Waals surface area contributed by atoms with Gasteiger partial charge in [-0.1, -0.05) is 13.0 Å². The first-order valence-electron chi connectivity index (χ1n) is 6.79. The lowest BCUT2D eigenvalue weighted by Gasteiger charge is -2.26. The van der Waals surface area contributed by atoms with Crippen molar-refractivity contribution < 1.29 is 13.5 Å². The molecule has 1 aliphatic rings. The summed E-state index contributed by atoms with van der Waals surface area (Å²) in [7, 11) is -3.62. The average Bonchev–Trinajstić information content (AvgIpc) is 2.76. The number of rotatable bonds is 3. The number of anilines is 1. The molecule has 0 amide bonds. The first-order valence-corrected chi connectivity index (χ1v) is 8.23. The number of hydrogen-bond donors (Lipinski definition) is 2. The maximum Gasteiger partial charge on any atom is 0.244 e. The number of aliphatic hydroxyl groups excluding tert-OH is 1. The van der Waals surface area contributed by atoms with Gasteiger partial charge < -0.3 is 10.8 Å². The summed E-state index contributed by atoms with van der Waals surface area (Å²) in [5.74, 6) is 0.163. The van der Waals surface area contributed by atoms with Crippen LogP contribution in [0, 0.1) is 19.8 Å². The van der Waals surface area contributed by atoms with Crippen LogP contribution in [0.2, 0.25) is 0 Å². The molecule has 2 atom stereocenters. The summed E-state index contributed by atoms with van der Waals surface area (Å²) < 4.78 is 27.2. The van der Waals surface area contributed by atoms with E-state index in [4.69, 9.17) is 5.73 Å². The summed E-state index contributed by atoms with van der Waals surface area (Å²) in [4.78, 5) is 0.282. The van der Waals surface area contributed by atoms with Crippen LogP contribution in [0.4, 0.5) is 5.69 Å². The van der Waals surface area contributed by atoms with Crippen molar-refractivity contribution in [1.82, 2.24) is 4.31 Å². The number of aryl methyl sites for hydroxylation is 1. The van der Waals surface area contributed by atoms with E-state index < -0.39 is 10.0 Å². The van der Waals surface area contributed by atoms with Gasteiger partial charge in [-0.3, -0.25) is 0 Å². The van der Waals surface area contributed by atoms with Crippen LogP contribution in [0.1, 0.15) is 24.5 Å². The van der Waals surface area contributed by atoms with Crippen LogP contribution in [-0.4, -0.2) is 37.0 Å². The third-order valence-electron chi connectivity index (χ3n) is 4.23. The van der Waals surface area contributed by atoms with Gasteiger partial charge in [0, 0.05) is 12.2 Å². The highest BCUT2D eigenvalue weighted by Crippen LogP contribution is 2.33. The second-order valence-electron chi connectivity index (χ2n) is 5.56. The molecule has 3 N–H and O–H groups in total. The SMILES string of the molecule is Cc1ccc(N)c(C)c1S(=O)(=O)N1CCC(C)C1CO. The van der Waals surface area contributed by atoms with Crippen LogP contribution in [0.25, 0.3) is 0 Å². The number of nitrogens with two attached hydrogens (primary N) is 1. The molecule has 1 fully saturated rings. The monoisotopic (exact) mass is 298 g/mol. The lowest BCUT2D eigenvalue weighted by molar-refractivity contribution is 0.191. The van der Waals surface area contributed by atoms with Gasteiger partial charge in [0.05, 0.1) is 17.5 Å². The third-order valence-corrected chi connectivity index (χ3v) is 6.44. The number of nitrogens with zero attached hydrogens (tertiary/aromatic N) is 1. The third kappa shape index (κ3) is 2.32. The Labute approximate surface area is 120 Å². The van der Waals surface area contributed by atoms with E-state index in [1.807, 2.05) is 6.92 Å². The Hall–Kier alpha value is -1.11. The van der Waals surface area contributed by atoms with Crippen LogP contribution >= 0.6 is 0 Å². The van der Waals surface area contributed by atoms with Gasteiger partial charge in [-0.25, -0.2) is 8.42 Å². The lowest BCUT2D eigenvalue weighted by atomic mass is 10.0. The van der Waals surface area contributed by atoms with Crippen molar-refractivity contribution in [3.63, 3.8) is 0 Å². The molecule has 1 aromatic rings. The highest BCUT2D eigenvalue weighted by atomic mass is 32.2. The van der Waals surface area contributed by atoms with Crippen LogP contribution < -0.4 is 5.73 Å². The Morgan fingerprint density at radius 2 is 2.05 bits per heavy atom. The van der Waals surface area contributed by atoms with Gasteiger partial charge in [0.2, 0.25) is 10.0 Å². The van der Waals surface area contributed by atoms with Crippen LogP contribution in [0.3, 0.4) is 0 Å². The minimum atomic E-state index is -3.62. The van der Waals surface area contributed by atoms with Gasteiger partial charge in [0.15, 0.2) is 0 Å². The molecule has 1 heterocycles. The summed E-state index contributed by atoms with van der Waals surface area (Å²) in [5, 5.41) is 9.48. The highest BCUT2D eigenvalue weighted by Gasteiger charge is 2.40. The van der Waals surface area contributed by atoms with Crippen LogP contribution in [0.5, 0.6) is 0 Å². The molecular weight excluding hydrogens is 276 g/mol. The number of aliphatic hydroxyl groups is 1. The molecule has 112 valence electrons. The second-order valence-corrected chi connectivity index (χ2v) is 7.38. The number of sulfonamides is 1. The maximum absolute atomic E-state index is 12.9. The van der Waals surface area contributed by atoms with Crippen molar-refractivity contribution in [2.45, 2.75) is 38.1 Å². The van der Waals surface area contributed by atoms with E-state index in [1.165, 1.54) is 4.31 Å². The Kier molecular flexibility index (Phi) is 4.09. The number of hydrogen-bond acceptors (Lipinski definition) is 4. The van der Waals surface area contributed by atoms with E-state index >= 15 is 0 Å². The van der Waals surface area contributed by atoms with Crippen molar-refractivity contribution in [1.29, 1.82) is 0 Å². The maximum atomic E-state index is 12.9. The Bertz CT molecular complexity index is 613. The van der Waals surface area contributed by atoms with E-state index in [1.54, 1.807) is 26.0 Å². The first kappa shape index (κ1) is 15.3. The van der Waals surface area contributed by atoms with E-state index in [9.17, 15) is 13.5 Å². The fraction of sp³-hybridized carbons (Fsp3) is 0.571. The molecule has 0 aromatic heterocycles. The van der Waals surface area contributed by atoms with Crippen LogP contribution in [-0.2, 0) is 10.0 Å². The van der Waals surface area contributed by atoms with E-state index in [2.05, 4.69) is 0 Å². The summed E-state index contributed by atoms with van der Waals surface area (Å²) in [6, 6.07) is 3.10. The van der Waals surface area contributed by atoms with Crippen molar-refractivity contribution in [2.24, 2.45) is 5.92 Å². The molecular formula is C14H22N2O3S. The molecule has 1 aliphatic heterocycles. The molecule has 1 aromatic carbocycles. The fourth-order valence-corrected chi connectivity index (χ4v) is 5.09. The average molecular weight is 298 g/mol. The van der Waals surface area contributed by atoms with Gasteiger partial charge in [0.1, 0.15) is 0 Å². The predicted molar refractivity (Wildman–Crippen MR) is 78.9 cm³/mol. The van der Waals surface area contributed by atoms with E-state index in [-0.39, 0.29) is 23.5 Å². The van der Waals surface area contributed by atoms with Gasteiger partial charge in [-0.2, -0.15) is 4.31 Å². The molecule has 0 spiro atoms. The fourth-order valence-electron chi connectivity index (χ4n) is 2.90. The smallest absolute Gasteiger partial charge is 0.244 e. The molecule has 1 saturated heterocycles. The number of nitrogen functional groups attached to an aromatic ring is 1. The summed E-state index contributed by atoms with van der Waals surface area (Å²) in [5.41, 5.74) is 7.59. The molecule has 0 saturated carbocycles. The minimum absolute atomic E-state index is 0.152. The lowest BCUT2D eigenvalue weighted by Crippen LogP contribution is -2.40. The Morgan fingerprint density at radius 1 is 1.40 bits per heavy atom. The summed E-state index contributed by atoms with van der Waals surface area (Å²) >= 11 is 0. The zero-order chi connectivity index (χ0) is 15.1. The zero-order valence-corrected chi connectivity index (χ0v) is 12.9. The first-order chi connectivity index (χ1) is 9.30. The molecule has 20 heavy (non-hydrogen) atoms. The largest absolute Gasteiger partial charge is 0.398 e. The molecule has 5 nitrogen and oxygen atoms in total. The molecule has 0 radical (unpaired) electrons. The van der Waals surface area contributed by atoms with Gasteiger partial charge >= 0.3 is 0 Å². The van der Waals surface area contributed by atoms with Crippen molar-refractivity contribution in [2.75, 3.05) is 18.9 Å². The normalized spacial score (nSPS) is 24.2. The quantitative estimate of drug-likeness (QED) is 0.823. The highest BCUT2D eigenvalue weighted by molar-refractivity contribution is 7.89. The molecule has 2 rings (SSSR count). The second kappa shape index (κ2) is 5.35. The molecule has 0 aliphatic carbocycles. The minimum Gasteiger partial charge on any atom is -0.398 e. The summed E-state index contributed by atoms with van der Waals surface area (Å²) in [6.07, 6.45) is 0.769. The Morgan fingerprint density at radius 3 is 2.65 bits per heavy atom.